The first-order valence-electron chi connectivity index (χ1n) is 9.73. The second kappa shape index (κ2) is 8.99. The number of carbonyl (C=O) groups excluding carboxylic acids is 1. The number of aromatic nitrogens is 3. The van der Waals surface area contributed by atoms with Gasteiger partial charge in [-0.15, -0.1) is 5.10 Å². The summed E-state index contributed by atoms with van der Waals surface area (Å²) in [5.41, 5.74) is 2.44. The molecule has 0 aliphatic carbocycles. The molecule has 1 amide bonds. The number of benzene rings is 1. The molecule has 7 heteroatoms. The van der Waals surface area contributed by atoms with E-state index in [4.69, 9.17) is 4.74 Å². The van der Waals surface area contributed by atoms with E-state index in [9.17, 15) is 4.79 Å². The number of hydrogen-bond acceptors (Lipinski definition) is 5. The molecule has 2 aromatic rings. The summed E-state index contributed by atoms with van der Waals surface area (Å²) in [6.07, 6.45) is 4.82. The highest BCUT2D eigenvalue weighted by Gasteiger charge is 2.19. The van der Waals surface area contributed by atoms with Gasteiger partial charge >= 0.3 is 0 Å². The van der Waals surface area contributed by atoms with E-state index in [0.717, 1.165) is 49.2 Å². The predicted molar refractivity (Wildman–Crippen MR) is 104 cm³/mol. The molecule has 1 unspecified atom stereocenters. The monoisotopic (exact) mass is 371 g/mol. The number of aryl methyl sites for hydroxylation is 1. The lowest BCUT2D eigenvalue weighted by atomic mass is 10.1. The fourth-order valence-electron chi connectivity index (χ4n) is 3.11. The van der Waals surface area contributed by atoms with Crippen LogP contribution >= 0.6 is 0 Å². The first-order chi connectivity index (χ1) is 13.1. The lowest BCUT2D eigenvalue weighted by Gasteiger charge is -2.22. The summed E-state index contributed by atoms with van der Waals surface area (Å²) in [5, 5.41) is 14.5. The third-order valence-electron chi connectivity index (χ3n) is 4.99. The minimum Gasteiger partial charge on any atom is -0.490 e. The maximum Gasteiger partial charge on any atom is 0.273 e. The van der Waals surface area contributed by atoms with Gasteiger partial charge in [0.15, 0.2) is 5.69 Å². The molecule has 0 spiro atoms. The lowest BCUT2D eigenvalue weighted by molar-refractivity contribution is 0.0945. The van der Waals surface area contributed by atoms with Gasteiger partial charge in [-0.05, 0) is 57.8 Å². The molecule has 1 aliphatic rings. The second-order valence-electron chi connectivity index (χ2n) is 7.20. The summed E-state index contributed by atoms with van der Waals surface area (Å²) >= 11 is 0. The van der Waals surface area contributed by atoms with Crippen LogP contribution in [0.1, 0.15) is 60.8 Å². The third kappa shape index (κ3) is 5.07. The van der Waals surface area contributed by atoms with E-state index in [1.807, 2.05) is 36.7 Å². The van der Waals surface area contributed by atoms with E-state index in [1.54, 1.807) is 6.20 Å². The van der Waals surface area contributed by atoms with Crippen LogP contribution in [0.15, 0.2) is 24.4 Å². The van der Waals surface area contributed by atoms with E-state index in [2.05, 4.69) is 27.9 Å². The van der Waals surface area contributed by atoms with E-state index >= 15 is 0 Å². The van der Waals surface area contributed by atoms with Gasteiger partial charge in [0.05, 0.1) is 18.3 Å². The zero-order chi connectivity index (χ0) is 19.2. The average Bonchev–Trinajstić information content (AvgIpc) is 3.18. The molecule has 1 aromatic carbocycles. The quantitative estimate of drug-likeness (QED) is 0.782. The van der Waals surface area contributed by atoms with Crippen molar-refractivity contribution in [2.75, 3.05) is 13.1 Å². The highest BCUT2D eigenvalue weighted by atomic mass is 16.5. The standard InChI is InChI=1S/C20H29N5O2/c1-4-15(3)27-19-11-14(2)5-6-16(19)12-22-20(26)18-13-25(24-23-18)17-7-9-21-10-8-17/h5-6,11,13,15,17,21H,4,7-10,12H2,1-3H3,(H,22,26). The summed E-state index contributed by atoms with van der Waals surface area (Å²) in [5.74, 6) is 0.605. The molecule has 3 rings (SSSR count). The summed E-state index contributed by atoms with van der Waals surface area (Å²) in [7, 11) is 0. The summed E-state index contributed by atoms with van der Waals surface area (Å²) in [4.78, 5) is 12.5. The first-order valence-corrected chi connectivity index (χ1v) is 9.73. The van der Waals surface area contributed by atoms with Crippen molar-refractivity contribution in [3.8, 4) is 5.75 Å². The van der Waals surface area contributed by atoms with Gasteiger partial charge in [0.1, 0.15) is 5.75 Å². The van der Waals surface area contributed by atoms with Gasteiger partial charge in [0.2, 0.25) is 0 Å². The number of amides is 1. The van der Waals surface area contributed by atoms with Crippen molar-refractivity contribution >= 4 is 5.91 Å². The maximum absolute atomic E-state index is 12.5. The lowest BCUT2D eigenvalue weighted by Crippen LogP contribution is -2.29. The Morgan fingerprint density at radius 3 is 2.93 bits per heavy atom. The van der Waals surface area contributed by atoms with Crippen molar-refractivity contribution in [3.05, 3.63) is 41.2 Å². The Bertz CT molecular complexity index is 767. The average molecular weight is 371 g/mol. The number of ether oxygens (including phenoxy) is 1. The first kappa shape index (κ1) is 19.4. The van der Waals surface area contributed by atoms with Gasteiger partial charge in [-0.25, -0.2) is 4.68 Å². The largest absolute Gasteiger partial charge is 0.490 e. The van der Waals surface area contributed by atoms with Gasteiger partial charge in [0, 0.05) is 12.1 Å². The highest BCUT2D eigenvalue weighted by molar-refractivity contribution is 5.91. The molecule has 1 aliphatic heterocycles. The Morgan fingerprint density at radius 1 is 1.41 bits per heavy atom. The smallest absolute Gasteiger partial charge is 0.273 e. The Kier molecular flexibility index (Phi) is 6.45. The molecule has 1 aromatic heterocycles. The molecule has 146 valence electrons. The van der Waals surface area contributed by atoms with Crippen LogP contribution in [0.3, 0.4) is 0 Å². The Morgan fingerprint density at radius 2 is 2.19 bits per heavy atom. The van der Waals surface area contributed by atoms with Crippen LogP contribution in [-0.2, 0) is 6.54 Å². The third-order valence-corrected chi connectivity index (χ3v) is 4.99. The normalized spacial score (nSPS) is 16.1. The maximum atomic E-state index is 12.5. The van der Waals surface area contributed by atoms with Crippen molar-refractivity contribution in [2.45, 2.75) is 58.7 Å². The summed E-state index contributed by atoms with van der Waals surface area (Å²) in [6, 6.07) is 6.35. The van der Waals surface area contributed by atoms with Gasteiger partial charge in [-0.2, -0.15) is 0 Å². The topological polar surface area (TPSA) is 81.1 Å². The van der Waals surface area contributed by atoms with E-state index in [0.29, 0.717) is 18.3 Å². The van der Waals surface area contributed by atoms with E-state index < -0.39 is 0 Å². The molecule has 7 nitrogen and oxygen atoms in total. The summed E-state index contributed by atoms with van der Waals surface area (Å²) in [6.45, 7) is 8.50. The Balaban J connectivity index is 1.63. The number of piperidine rings is 1. The minimum absolute atomic E-state index is 0.131. The SMILES string of the molecule is CCC(C)Oc1cc(C)ccc1CNC(=O)c1cn(C2CCNCC2)nn1. The van der Waals surface area contributed by atoms with Crippen LogP contribution in [0.5, 0.6) is 5.75 Å². The van der Waals surface area contributed by atoms with Gasteiger partial charge in [-0.1, -0.05) is 24.3 Å². The van der Waals surface area contributed by atoms with E-state index in [1.165, 1.54) is 0 Å². The molecule has 0 radical (unpaired) electrons. The number of nitrogens with one attached hydrogen (secondary N) is 2. The number of rotatable bonds is 7. The molecular weight excluding hydrogens is 342 g/mol. The molecular formula is C20H29N5O2. The Labute approximate surface area is 160 Å². The van der Waals surface area contributed by atoms with Crippen LogP contribution in [0.25, 0.3) is 0 Å². The number of carbonyl (C=O) groups is 1. The Hall–Kier alpha value is -2.41. The minimum atomic E-state index is -0.217. The molecule has 1 fully saturated rings. The number of nitrogens with zero attached hydrogens (tertiary/aromatic N) is 3. The fraction of sp³-hybridized carbons (Fsp3) is 0.550. The van der Waals surface area contributed by atoms with Crippen LogP contribution in [0, 0.1) is 6.92 Å². The van der Waals surface area contributed by atoms with Crippen LogP contribution < -0.4 is 15.4 Å². The van der Waals surface area contributed by atoms with Crippen molar-refractivity contribution in [1.29, 1.82) is 0 Å². The van der Waals surface area contributed by atoms with Gasteiger partial charge in [0.25, 0.3) is 5.91 Å². The molecule has 27 heavy (non-hydrogen) atoms. The van der Waals surface area contributed by atoms with Gasteiger partial charge < -0.3 is 15.4 Å². The molecule has 1 saturated heterocycles. The molecule has 0 bridgehead atoms. The zero-order valence-corrected chi connectivity index (χ0v) is 16.4. The van der Waals surface area contributed by atoms with Crippen molar-refractivity contribution in [2.24, 2.45) is 0 Å². The molecule has 0 saturated carbocycles. The van der Waals surface area contributed by atoms with Crippen molar-refractivity contribution in [1.82, 2.24) is 25.6 Å². The summed E-state index contributed by atoms with van der Waals surface area (Å²) < 4.78 is 7.83. The number of hydrogen-bond donors (Lipinski definition) is 2. The highest BCUT2D eigenvalue weighted by Crippen LogP contribution is 2.22. The van der Waals surface area contributed by atoms with Crippen molar-refractivity contribution < 1.29 is 9.53 Å². The van der Waals surface area contributed by atoms with Crippen LogP contribution in [-0.4, -0.2) is 40.1 Å². The van der Waals surface area contributed by atoms with Crippen molar-refractivity contribution in [3.63, 3.8) is 0 Å². The fourth-order valence-corrected chi connectivity index (χ4v) is 3.11. The molecule has 2 N–H and O–H groups in total. The molecule has 2 heterocycles. The van der Waals surface area contributed by atoms with Crippen LogP contribution in [0.2, 0.25) is 0 Å². The van der Waals surface area contributed by atoms with E-state index in [-0.39, 0.29) is 12.0 Å². The van der Waals surface area contributed by atoms with Gasteiger partial charge in [-0.3, -0.25) is 4.79 Å². The molecule has 1 atom stereocenters. The van der Waals surface area contributed by atoms with Crippen LogP contribution in [0.4, 0.5) is 0 Å². The second-order valence-corrected chi connectivity index (χ2v) is 7.20. The zero-order valence-electron chi connectivity index (χ0n) is 16.4. The predicted octanol–water partition coefficient (Wildman–Crippen LogP) is 2.62.